The zero-order valence-corrected chi connectivity index (χ0v) is 16.9. The molecule has 25 heavy (non-hydrogen) atoms. The van der Waals surface area contributed by atoms with E-state index in [4.69, 9.17) is 9.47 Å². The molecule has 2 aromatic carbocycles. The van der Waals surface area contributed by atoms with Crippen LogP contribution in [0.5, 0.6) is 5.75 Å². The molecule has 134 valence electrons. The van der Waals surface area contributed by atoms with E-state index in [0.29, 0.717) is 8.58 Å². The molecular formula is C21H27O3P. The first-order valence-electron chi connectivity index (χ1n) is 8.38. The van der Waals surface area contributed by atoms with Gasteiger partial charge in [0.05, 0.1) is 0 Å². The molecule has 0 aromatic heterocycles. The number of benzene rings is 2. The number of para-hydroxylation sites is 1. The molecule has 0 radical (unpaired) electrons. The summed E-state index contributed by atoms with van der Waals surface area (Å²) < 4.78 is 10.9. The van der Waals surface area contributed by atoms with Crippen molar-refractivity contribution >= 4 is 19.7 Å². The van der Waals surface area contributed by atoms with Gasteiger partial charge in [-0.3, -0.25) is 4.79 Å². The molecule has 1 unspecified atom stereocenters. The lowest BCUT2D eigenvalue weighted by Gasteiger charge is -2.29. The number of rotatable bonds is 7. The molecule has 0 saturated heterocycles. The predicted octanol–water partition coefficient (Wildman–Crippen LogP) is 4.73. The van der Waals surface area contributed by atoms with Crippen LogP contribution in [0.15, 0.2) is 36.4 Å². The van der Waals surface area contributed by atoms with E-state index in [1.54, 1.807) is 14.0 Å². The van der Waals surface area contributed by atoms with Crippen molar-refractivity contribution in [3.8, 4) is 5.75 Å². The third-order valence-electron chi connectivity index (χ3n) is 4.21. The predicted molar refractivity (Wildman–Crippen MR) is 106 cm³/mol. The Kier molecular flexibility index (Phi) is 6.37. The van der Waals surface area contributed by atoms with E-state index >= 15 is 0 Å². The fourth-order valence-corrected chi connectivity index (χ4v) is 4.47. The first-order chi connectivity index (χ1) is 11.8. The second kappa shape index (κ2) is 8.12. The molecule has 0 spiro atoms. The molecule has 0 amide bonds. The molecule has 0 aliphatic heterocycles. The Balaban J connectivity index is 2.44. The van der Waals surface area contributed by atoms with Crippen molar-refractivity contribution in [2.24, 2.45) is 0 Å². The molecule has 2 rings (SSSR count). The van der Waals surface area contributed by atoms with Crippen molar-refractivity contribution in [3.05, 3.63) is 58.7 Å². The van der Waals surface area contributed by atoms with Gasteiger partial charge in [0.1, 0.15) is 5.75 Å². The monoisotopic (exact) mass is 358 g/mol. The van der Waals surface area contributed by atoms with Crippen LogP contribution in [0.4, 0.5) is 0 Å². The first-order valence-corrected chi connectivity index (χ1v) is 9.38. The molecule has 0 bridgehead atoms. The van der Waals surface area contributed by atoms with E-state index in [9.17, 15) is 4.79 Å². The van der Waals surface area contributed by atoms with Crippen LogP contribution in [-0.2, 0) is 9.89 Å². The van der Waals surface area contributed by atoms with Crippen molar-refractivity contribution in [2.45, 2.75) is 39.8 Å². The fraction of sp³-hybridized carbons (Fsp3) is 0.381. The fourth-order valence-electron chi connectivity index (χ4n) is 2.92. The van der Waals surface area contributed by atoms with Gasteiger partial charge in [0.25, 0.3) is 0 Å². The van der Waals surface area contributed by atoms with Crippen molar-refractivity contribution in [1.29, 1.82) is 0 Å². The Morgan fingerprint density at radius 3 is 2.52 bits per heavy atom. The highest BCUT2D eigenvalue weighted by Gasteiger charge is 2.27. The lowest BCUT2D eigenvalue weighted by atomic mass is 9.98. The number of carbonyl (C=O) groups excluding carboxylic acids is 1. The Morgan fingerprint density at radius 2 is 1.88 bits per heavy atom. The molecule has 3 nitrogen and oxygen atoms in total. The van der Waals surface area contributed by atoms with Crippen molar-refractivity contribution in [1.82, 2.24) is 0 Å². The highest BCUT2D eigenvalue weighted by atomic mass is 31.1. The van der Waals surface area contributed by atoms with Gasteiger partial charge in [-0.25, -0.2) is 0 Å². The highest BCUT2D eigenvalue weighted by Crippen LogP contribution is 2.45. The van der Waals surface area contributed by atoms with E-state index in [-0.39, 0.29) is 17.7 Å². The maximum Gasteiger partial charge on any atom is 0.188 e. The van der Waals surface area contributed by atoms with Gasteiger partial charge in [0.15, 0.2) is 12.6 Å². The molecule has 0 heterocycles. The van der Waals surface area contributed by atoms with Crippen molar-refractivity contribution < 1.29 is 14.3 Å². The molecule has 1 atom stereocenters. The number of hydrogen-bond acceptors (Lipinski definition) is 3. The topological polar surface area (TPSA) is 35.5 Å². The van der Waals surface area contributed by atoms with Crippen LogP contribution < -0.4 is 10.0 Å². The summed E-state index contributed by atoms with van der Waals surface area (Å²) in [4.78, 5) is 12.1. The summed E-state index contributed by atoms with van der Waals surface area (Å²) in [5.74, 6) is 0.987. The SMILES string of the molecule is COCOc1c(C)cccc1C(C)(C)Pc1ccc(C)cc1C(C)=O. The highest BCUT2D eigenvalue weighted by molar-refractivity contribution is 7.48. The van der Waals surface area contributed by atoms with E-state index < -0.39 is 0 Å². The zero-order chi connectivity index (χ0) is 18.6. The minimum atomic E-state index is -0.158. The van der Waals surface area contributed by atoms with Gasteiger partial charge >= 0.3 is 0 Å². The molecule has 0 fully saturated rings. The van der Waals surface area contributed by atoms with Gasteiger partial charge in [0.2, 0.25) is 0 Å². The van der Waals surface area contributed by atoms with E-state index in [0.717, 1.165) is 33.3 Å². The van der Waals surface area contributed by atoms with Crippen LogP contribution in [-0.4, -0.2) is 19.7 Å². The summed E-state index contributed by atoms with van der Waals surface area (Å²) in [5, 5.41) is 0.941. The van der Waals surface area contributed by atoms with Crippen LogP contribution in [0.25, 0.3) is 0 Å². The number of Topliss-reactive ketones (excluding diaryl/α,β-unsaturated/α-hetero) is 1. The lowest BCUT2D eigenvalue weighted by Crippen LogP contribution is -2.20. The smallest absolute Gasteiger partial charge is 0.188 e. The van der Waals surface area contributed by atoms with Crippen LogP contribution >= 0.6 is 8.58 Å². The van der Waals surface area contributed by atoms with Crippen LogP contribution in [0, 0.1) is 13.8 Å². The quantitative estimate of drug-likeness (QED) is 0.408. The van der Waals surface area contributed by atoms with Crippen LogP contribution in [0.2, 0.25) is 0 Å². The Hall–Kier alpha value is -1.70. The molecule has 2 aromatic rings. The van der Waals surface area contributed by atoms with Gasteiger partial charge in [-0.2, -0.15) is 0 Å². The number of ketones is 1. The van der Waals surface area contributed by atoms with Gasteiger partial charge < -0.3 is 9.47 Å². The average Bonchev–Trinajstić information content (AvgIpc) is 2.54. The molecule has 0 saturated carbocycles. The second-order valence-electron chi connectivity index (χ2n) is 6.86. The molecular weight excluding hydrogens is 331 g/mol. The molecule has 0 N–H and O–H groups in total. The van der Waals surface area contributed by atoms with E-state index in [1.165, 1.54) is 0 Å². The standard InChI is InChI=1S/C21H27O3P/c1-14-10-11-19(17(12-14)16(3)22)25-21(4,5)18-9-7-8-15(2)20(18)24-13-23-6/h7-12,25H,13H2,1-6H3. The number of ether oxygens (including phenoxy) is 2. The van der Waals surface area contributed by atoms with Gasteiger partial charge in [-0.1, -0.05) is 58.3 Å². The third kappa shape index (κ3) is 4.68. The summed E-state index contributed by atoms with van der Waals surface area (Å²) in [5.41, 5.74) is 4.15. The maximum atomic E-state index is 12.1. The zero-order valence-electron chi connectivity index (χ0n) is 15.9. The summed E-state index contributed by atoms with van der Waals surface area (Å²) >= 11 is 0. The minimum Gasteiger partial charge on any atom is -0.467 e. The van der Waals surface area contributed by atoms with Crippen LogP contribution in [0.3, 0.4) is 0 Å². The number of methoxy groups -OCH3 is 1. The molecule has 0 aliphatic rings. The number of aryl methyl sites for hydroxylation is 2. The van der Waals surface area contributed by atoms with Gasteiger partial charge in [-0.05, 0) is 37.7 Å². The summed E-state index contributed by atoms with van der Waals surface area (Å²) in [6, 6.07) is 12.3. The summed E-state index contributed by atoms with van der Waals surface area (Å²) in [7, 11) is 2.07. The van der Waals surface area contributed by atoms with Crippen LogP contribution in [0.1, 0.15) is 47.8 Å². The second-order valence-corrected chi connectivity index (χ2v) is 8.90. The Morgan fingerprint density at radius 1 is 1.16 bits per heavy atom. The maximum absolute atomic E-state index is 12.1. The summed E-state index contributed by atoms with van der Waals surface area (Å²) in [6.07, 6.45) is 0. The normalized spacial score (nSPS) is 11.9. The Labute approximate surface area is 152 Å². The van der Waals surface area contributed by atoms with E-state index in [1.807, 2.05) is 26.0 Å². The van der Waals surface area contributed by atoms with Crippen molar-refractivity contribution in [2.75, 3.05) is 13.9 Å². The largest absolute Gasteiger partial charge is 0.467 e. The number of hydrogen-bond donors (Lipinski definition) is 0. The van der Waals surface area contributed by atoms with Crippen molar-refractivity contribution in [3.63, 3.8) is 0 Å². The number of carbonyl (C=O) groups is 1. The molecule has 0 aliphatic carbocycles. The minimum absolute atomic E-state index is 0.113. The Bertz CT molecular complexity index is 766. The van der Waals surface area contributed by atoms with Gasteiger partial charge in [0, 0.05) is 23.4 Å². The third-order valence-corrected chi connectivity index (χ3v) is 5.81. The average molecular weight is 358 g/mol. The molecule has 4 heteroatoms. The first kappa shape index (κ1) is 19.6. The summed E-state index contributed by atoms with van der Waals surface area (Å²) in [6.45, 7) is 10.3. The lowest BCUT2D eigenvalue weighted by molar-refractivity contribution is 0.0496. The van der Waals surface area contributed by atoms with E-state index in [2.05, 4.69) is 38.1 Å². The van der Waals surface area contributed by atoms with Gasteiger partial charge in [-0.15, -0.1) is 0 Å².